The maximum absolute atomic E-state index is 13.3. The fourth-order valence-electron chi connectivity index (χ4n) is 2.33. The molecular weight excluding hydrogens is 267 g/mol. The number of benzene rings is 1. The van der Waals surface area contributed by atoms with Gasteiger partial charge in [-0.3, -0.25) is 4.90 Å². The zero-order valence-electron chi connectivity index (χ0n) is 11.0. The molecule has 0 saturated carbocycles. The van der Waals surface area contributed by atoms with Gasteiger partial charge in [-0.2, -0.15) is 0 Å². The fraction of sp³-hybridized carbons (Fsp3) is 0.538. The van der Waals surface area contributed by atoms with Gasteiger partial charge < -0.3 is 5.32 Å². The molecule has 19 heavy (non-hydrogen) atoms. The smallest absolute Gasteiger partial charge is 0.175 e. The van der Waals surface area contributed by atoms with Crippen molar-refractivity contribution in [2.45, 2.75) is 10.9 Å². The van der Waals surface area contributed by atoms with Gasteiger partial charge in [0.2, 0.25) is 0 Å². The molecule has 1 aliphatic heterocycles. The molecule has 2 rings (SSSR count). The predicted octanol–water partition coefficient (Wildman–Crippen LogP) is 1.01. The molecule has 106 valence electrons. The number of sulfone groups is 1. The van der Waals surface area contributed by atoms with E-state index in [2.05, 4.69) is 10.2 Å². The van der Waals surface area contributed by atoms with Crippen LogP contribution >= 0.6 is 0 Å². The molecule has 0 spiro atoms. The molecule has 0 bridgehead atoms. The first-order valence-electron chi connectivity index (χ1n) is 6.33. The lowest BCUT2D eigenvalue weighted by molar-refractivity contribution is 0.147. The second kappa shape index (κ2) is 5.98. The van der Waals surface area contributed by atoms with Gasteiger partial charge in [-0.1, -0.05) is 12.1 Å². The van der Waals surface area contributed by atoms with Gasteiger partial charge >= 0.3 is 0 Å². The van der Waals surface area contributed by atoms with Gasteiger partial charge in [0.05, 0.1) is 10.9 Å². The minimum Gasteiger partial charge on any atom is -0.314 e. The lowest BCUT2D eigenvalue weighted by Crippen LogP contribution is -2.45. The van der Waals surface area contributed by atoms with Crippen molar-refractivity contribution in [3.63, 3.8) is 0 Å². The second-order valence-electron chi connectivity index (χ2n) is 4.80. The zero-order chi connectivity index (χ0) is 13.9. The van der Waals surface area contributed by atoms with Crippen molar-refractivity contribution in [3.8, 4) is 0 Å². The van der Waals surface area contributed by atoms with Crippen LogP contribution < -0.4 is 5.32 Å². The Kier molecular flexibility index (Phi) is 4.54. The van der Waals surface area contributed by atoms with E-state index in [-0.39, 0.29) is 10.9 Å². The SMILES string of the molecule is CS(=O)(=O)c1ccc([C@H](CF)N2CCNCC2)cc1. The standard InChI is InChI=1S/C13H19FN2O2S/c1-19(17,18)12-4-2-11(3-5-12)13(10-14)16-8-6-15-7-9-16/h2-5,13,15H,6-10H2,1H3/t13-/m0/s1. The zero-order valence-corrected chi connectivity index (χ0v) is 11.8. The van der Waals surface area contributed by atoms with Crippen molar-refractivity contribution in [1.29, 1.82) is 0 Å². The molecule has 1 saturated heterocycles. The molecule has 1 fully saturated rings. The summed E-state index contributed by atoms with van der Waals surface area (Å²) in [6.45, 7) is 2.87. The van der Waals surface area contributed by atoms with Crippen molar-refractivity contribution >= 4 is 9.84 Å². The van der Waals surface area contributed by atoms with Crippen LogP contribution in [0, 0.1) is 0 Å². The van der Waals surface area contributed by atoms with Crippen LogP contribution in [0.15, 0.2) is 29.2 Å². The molecule has 1 atom stereocenters. The first kappa shape index (κ1) is 14.4. The van der Waals surface area contributed by atoms with E-state index in [1.54, 1.807) is 24.3 Å². The van der Waals surface area contributed by atoms with Crippen LogP contribution in [-0.4, -0.2) is 52.4 Å². The Labute approximate surface area is 113 Å². The van der Waals surface area contributed by atoms with Crippen LogP contribution in [0.5, 0.6) is 0 Å². The Balaban J connectivity index is 2.19. The van der Waals surface area contributed by atoms with Crippen LogP contribution in [0.2, 0.25) is 0 Å². The number of hydrogen-bond acceptors (Lipinski definition) is 4. The second-order valence-corrected chi connectivity index (χ2v) is 6.81. The Bertz CT molecular complexity index is 510. The average molecular weight is 286 g/mol. The highest BCUT2D eigenvalue weighted by molar-refractivity contribution is 7.90. The molecule has 0 aromatic heterocycles. The van der Waals surface area contributed by atoms with E-state index in [4.69, 9.17) is 0 Å². The summed E-state index contributed by atoms with van der Waals surface area (Å²) in [5.74, 6) is 0. The number of piperazine rings is 1. The summed E-state index contributed by atoms with van der Waals surface area (Å²) in [7, 11) is -3.19. The van der Waals surface area contributed by atoms with Crippen LogP contribution in [0.4, 0.5) is 4.39 Å². The molecule has 6 heteroatoms. The molecule has 0 aliphatic carbocycles. The van der Waals surface area contributed by atoms with Crippen LogP contribution in [-0.2, 0) is 9.84 Å². The fourth-order valence-corrected chi connectivity index (χ4v) is 2.96. The number of alkyl halides is 1. The van der Waals surface area contributed by atoms with Crippen molar-refractivity contribution in [1.82, 2.24) is 10.2 Å². The lowest BCUT2D eigenvalue weighted by atomic mass is 10.1. The van der Waals surface area contributed by atoms with E-state index in [1.807, 2.05) is 0 Å². The van der Waals surface area contributed by atoms with E-state index in [1.165, 1.54) is 6.26 Å². The molecule has 0 amide bonds. The van der Waals surface area contributed by atoms with Crippen molar-refractivity contribution in [3.05, 3.63) is 29.8 Å². The maximum Gasteiger partial charge on any atom is 0.175 e. The third-order valence-corrected chi connectivity index (χ3v) is 4.56. The number of rotatable bonds is 4. The molecule has 0 unspecified atom stereocenters. The summed E-state index contributed by atoms with van der Waals surface area (Å²) in [5, 5.41) is 3.23. The first-order valence-corrected chi connectivity index (χ1v) is 8.22. The molecule has 1 N–H and O–H groups in total. The summed E-state index contributed by atoms with van der Waals surface area (Å²) in [6, 6.07) is 6.24. The van der Waals surface area contributed by atoms with Crippen molar-refractivity contribution in [2.24, 2.45) is 0 Å². The summed E-state index contributed by atoms with van der Waals surface area (Å²) < 4.78 is 36.1. The van der Waals surface area contributed by atoms with Gasteiger partial charge in [-0.15, -0.1) is 0 Å². The van der Waals surface area contributed by atoms with Crippen LogP contribution in [0.25, 0.3) is 0 Å². The predicted molar refractivity (Wildman–Crippen MR) is 72.7 cm³/mol. The van der Waals surface area contributed by atoms with Crippen LogP contribution in [0.3, 0.4) is 0 Å². The van der Waals surface area contributed by atoms with E-state index in [9.17, 15) is 12.8 Å². The van der Waals surface area contributed by atoms with Gasteiger partial charge in [-0.05, 0) is 17.7 Å². The number of nitrogens with zero attached hydrogens (tertiary/aromatic N) is 1. The number of nitrogens with one attached hydrogen (secondary N) is 1. The quantitative estimate of drug-likeness (QED) is 0.897. The highest BCUT2D eigenvalue weighted by Crippen LogP contribution is 2.23. The van der Waals surface area contributed by atoms with Gasteiger partial charge in [-0.25, -0.2) is 12.8 Å². The molecule has 0 radical (unpaired) electrons. The Hall–Kier alpha value is -0.980. The van der Waals surface area contributed by atoms with Crippen molar-refractivity contribution in [2.75, 3.05) is 39.1 Å². The Morgan fingerprint density at radius 3 is 2.32 bits per heavy atom. The minimum atomic E-state index is -3.19. The van der Waals surface area contributed by atoms with E-state index < -0.39 is 16.5 Å². The average Bonchev–Trinajstić information content (AvgIpc) is 2.40. The summed E-state index contributed by atoms with van der Waals surface area (Å²) in [6.07, 6.45) is 1.17. The van der Waals surface area contributed by atoms with Gasteiger partial charge in [0, 0.05) is 32.4 Å². The molecule has 4 nitrogen and oxygen atoms in total. The van der Waals surface area contributed by atoms with E-state index >= 15 is 0 Å². The summed E-state index contributed by atoms with van der Waals surface area (Å²) in [4.78, 5) is 2.36. The number of hydrogen-bond donors (Lipinski definition) is 1. The highest BCUT2D eigenvalue weighted by Gasteiger charge is 2.22. The van der Waals surface area contributed by atoms with Gasteiger partial charge in [0.1, 0.15) is 6.67 Å². The van der Waals surface area contributed by atoms with Crippen molar-refractivity contribution < 1.29 is 12.8 Å². The first-order chi connectivity index (χ1) is 9.02. The lowest BCUT2D eigenvalue weighted by Gasteiger charge is -2.33. The Morgan fingerprint density at radius 1 is 1.26 bits per heavy atom. The summed E-state index contributed by atoms with van der Waals surface area (Å²) in [5.41, 5.74) is 0.830. The molecule has 1 aromatic rings. The maximum atomic E-state index is 13.3. The normalized spacial score (nSPS) is 19.3. The third-order valence-electron chi connectivity index (χ3n) is 3.43. The highest BCUT2D eigenvalue weighted by atomic mass is 32.2. The summed E-state index contributed by atoms with van der Waals surface area (Å²) >= 11 is 0. The molecule has 1 heterocycles. The largest absolute Gasteiger partial charge is 0.314 e. The Morgan fingerprint density at radius 2 is 1.84 bits per heavy atom. The third kappa shape index (κ3) is 3.52. The van der Waals surface area contributed by atoms with Gasteiger partial charge in [0.15, 0.2) is 9.84 Å². The van der Waals surface area contributed by atoms with Crippen LogP contribution in [0.1, 0.15) is 11.6 Å². The molecule has 1 aromatic carbocycles. The van der Waals surface area contributed by atoms with E-state index in [0.717, 1.165) is 31.7 Å². The van der Waals surface area contributed by atoms with E-state index in [0.29, 0.717) is 0 Å². The minimum absolute atomic E-state index is 0.272. The van der Waals surface area contributed by atoms with Gasteiger partial charge in [0.25, 0.3) is 0 Å². The topological polar surface area (TPSA) is 49.4 Å². The number of halogens is 1. The molecule has 1 aliphatic rings. The molecular formula is C13H19FN2O2S. The monoisotopic (exact) mass is 286 g/mol.